The van der Waals surface area contributed by atoms with Crippen LogP contribution in [0.15, 0.2) is 25.0 Å². The molecule has 0 spiro atoms. The summed E-state index contributed by atoms with van der Waals surface area (Å²) in [6.45, 7) is 12.7. The average molecular weight is 688 g/mol. The molecule has 0 saturated heterocycles. The van der Waals surface area contributed by atoms with Gasteiger partial charge in [0, 0.05) is 36.6 Å². The molecule has 2 unspecified atom stereocenters. The number of aromatic amines is 2. The molecule has 2 rings (SSSR count). The molecule has 0 aliphatic rings. The molecule has 5 atom stereocenters. The number of H-pyrrole nitrogens is 2. The first-order chi connectivity index (χ1) is 23.0. The first-order valence-corrected chi connectivity index (χ1v) is 16.7. The fraction of sp³-hybridized carbons (Fsp3) is 0.636. The molecule has 2 heterocycles. The van der Waals surface area contributed by atoms with Gasteiger partial charge in [-0.2, -0.15) is 0 Å². The van der Waals surface area contributed by atoms with Crippen molar-refractivity contribution in [1.82, 2.24) is 46.5 Å². The van der Waals surface area contributed by atoms with Crippen molar-refractivity contribution in [3.63, 3.8) is 0 Å². The van der Waals surface area contributed by atoms with E-state index in [0.29, 0.717) is 18.5 Å². The number of hydrogen-bond donors (Lipinski definition) is 8. The van der Waals surface area contributed by atoms with Crippen molar-refractivity contribution in [3.05, 3.63) is 36.4 Å². The minimum Gasteiger partial charge on any atom is -0.480 e. The number of rotatable bonds is 21. The Bertz CT molecular complexity index is 1360. The summed E-state index contributed by atoms with van der Waals surface area (Å²) in [5.41, 5.74) is 1.31. The van der Waals surface area contributed by atoms with Crippen LogP contribution < -0.4 is 26.6 Å². The number of hydrogen-bond acceptors (Lipinski definition) is 8. The highest BCUT2D eigenvalue weighted by atomic mass is 16.4. The standard InChI is InChI=1S/C33H53N9O7/c1-18(2)10-24(39-28(43)9-8-22-14-34-16-36-22)30(45)40-25(11-19(3)4)31(46)41-26(12-20(5)6)32(47)42-27(13-23-15-35-17-37-23)29(44)38-21(7)33(48)49/h14-21,24-27H,8-13H2,1-7H3,(H,34,36)(H,35,37)(H,38,44)(H,39,43)(H,40,45)(H,41,46)(H,42,47)(H,48,49)/t21-,24-,25?,26-,27?/m0/s1. The summed E-state index contributed by atoms with van der Waals surface area (Å²) in [6, 6.07) is -5.38. The average Bonchev–Trinajstić information content (AvgIpc) is 3.72. The van der Waals surface area contributed by atoms with E-state index in [9.17, 15) is 33.9 Å². The van der Waals surface area contributed by atoms with Crippen molar-refractivity contribution in [2.75, 3.05) is 0 Å². The molecule has 2 aromatic heterocycles. The third kappa shape index (κ3) is 14.9. The maximum absolute atomic E-state index is 13.7. The highest BCUT2D eigenvalue weighted by molar-refractivity contribution is 5.96. The van der Waals surface area contributed by atoms with Crippen LogP contribution in [0.4, 0.5) is 0 Å². The molecule has 0 bridgehead atoms. The van der Waals surface area contributed by atoms with E-state index in [0.717, 1.165) is 5.69 Å². The Morgan fingerprint density at radius 2 is 1.02 bits per heavy atom. The van der Waals surface area contributed by atoms with Crippen LogP contribution in [0.2, 0.25) is 0 Å². The Balaban J connectivity index is 2.21. The van der Waals surface area contributed by atoms with Gasteiger partial charge in [-0.25, -0.2) is 9.97 Å². The summed E-state index contributed by atoms with van der Waals surface area (Å²) in [5.74, 6) is -4.04. The molecular weight excluding hydrogens is 634 g/mol. The molecule has 0 aliphatic heterocycles. The highest BCUT2D eigenvalue weighted by Crippen LogP contribution is 2.12. The number of aromatic nitrogens is 4. The minimum absolute atomic E-state index is 0.0108. The number of carbonyl (C=O) groups excluding carboxylic acids is 5. The molecule has 0 aliphatic carbocycles. The highest BCUT2D eigenvalue weighted by Gasteiger charge is 2.33. The maximum atomic E-state index is 13.7. The molecular formula is C33H53N9O7. The fourth-order valence-corrected chi connectivity index (χ4v) is 5.06. The zero-order valence-corrected chi connectivity index (χ0v) is 29.5. The Kier molecular flexibility index (Phi) is 16.4. The van der Waals surface area contributed by atoms with Crippen molar-refractivity contribution in [2.45, 2.75) is 117 Å². The van der Waals surface area contributed by atoms with Crippen LogP contribution in [0.5, 0.6) is 0 Å². The van der Waals surface area contributed by atoms with Gasteiger partial charge in [-0.3, -0.25) is 28.8 Å². The fourth-order valence-electron chi connectivity index (χ4n) is 5.06. The monoisotopic (exact) mass is 687 g/mol. The van der Waals surface area contributed by atoms with Gasteiger partial charge in [-0.05, 0) is 50.4 Å². The van der Waals surface area contributed by atoms with Gasteiger partial charge in [0.05, 0.1) is 12.7 Å². The van der Waals surface area contributed by atoms with Crippen molar-refractivity contribution in [3.8, 4) is 0 Å². The Labute approximate surface area is 287 Å². The predicted octanol–water partition coefficient (Wildman–Crippen LogP) is 0.975. The smallest absolute Gasteiger partial charge is 0.325 e. The van der Waals surface area contributed by atoms with Gasteiger partial charge in [0.2, 0.25) is 29.5 Å². The third-order valence-corrected chi connectivity index (χ3v) is 7.56. The number of carboxylic acid groups (broad SMARTS) is 1. The van der Waals surface area contributed by atoms with E-state index in [4.69, 9.17) is 0 Å². The van der Waals surface area contributed by atoms with Gasteiger partial charge in [-0.15, -0.1) is 0 Å². The molecule has 49 heavy (non-hydrogen) atoms. The second-order valence-corrected chi connectivity index (χ2v) is 13.6. The van der Waals surface area contributed by atoms with E-state index in [1.807, 2.05) is 41.5 Å². The Morgan fingerprint density at radius 1 is 0.612 bits per heavy atom. The second-order valence-electron chi connectivity index (χ2n) is 13.6. The van der Waals surface area contributed by atoms with Crippen molar-refractivity contribution >= 4 is 35.5 Å². The summed E-state index contributed by atoms with van der Waals surface area (Å²) < 4.78 is 0. The quantitative estimate of drug-likeness (QED) is 0.0932. The summed E-state index contributed by atoms with van der Waals surface area (Å²) >= 11 is 0. The number of aliphatic carboxylic acids is 1. The first-order valence-electron chi connectivity index (χ1n) is 16.7. The summed E-state index contributed by atoms with van der Waals surface area (Å²) in [4.78, 5) is 91.8. The minimum atomic E-state index is -1.24. The lowest BCUT2D eigenvalue weighted by molar-refractivity contribution is -0.141. The Morgan fingerprint density at radius 3 is 1.43 bits per heavy atom. The topological polar surface area (TPSA) is 240 Å². The van der Waals surface area contributed by atoms with Crippen LogP contribution in [0.1, 0.15) is 85.5 Å². The zero-order chi connectivity index (χ0) is 36.7. The maximum Gasteiger partial charge on any atom is 0.325 e. The summed E-state index contributed by atoms with van der Waals surface area (Å²) in [5, 5.41) is 22.7. The SMILES string of the molecule is CC(C)CC(NC(=O)[C@H](CC(C)C)NC(=O)CCc1cnc[nH]1)C(=O)N[C@@H](CC(C)C)C(=O)NC(Cc1cnc[nH]1)C(=O)N[C@@H](C)C(=O)O. The molecule has 5 amide bonds. The molecule has 8 N–H and O–H groups in total. The number of imidazole rings is 2. The summed E-state index contributed by atoms with van der Waals surface area (Å²) in [7, 11) is 0. The number of amides is 5. The van der Waals surface area contributed by atoms with Gasteiger partial charge < -0.3 is 41.7 Å². The normalized spacial score (nSPS) is 14.4. The van der Waals surface area contributed by atoms with Crippen LogP contribution in [0.3, 0.4) is 0 Å². The number of aryl methyl sites for hydroxylation is 1. The number of nitrogens with zero attached hydrogens (tertiary/aromatic N) is 2. The van der Waals surface area contributed by atoms with Gasteiger partial charge in [0.25, 0.3) is 0 Å². The van der Waals surface area contributed by atoms with Crippen molar-refractivity contribution in [1.29, 1.82) is 0 Å². The molecule has 0 radical (unpaired) electrons. The van der Waals surface area contributed by atoms with Crippen LogP contribution in [0, 0.1) is 17.8 Å². The molecule has 2 aromatic rings. The van der Waals surface area contributed by atoms with E-state index in [-0.39, 0.29) is 49.3 Å². The van der Waals surface area contributed by atoms with Gasteiger partial charge in [0.1, 0.15) is 30.2 Å². The van der Waals surface area contributed by atoms with Crippen LogP contribution >= 0.6 is 0 Å². The van der Waals surface area contributed by atoms with E-state index in [1.54, 1.807) is 6.20 Å². The molecule has 272 valence electrons. The molecule has 0 saturated carbocycles. The van der Waals surface area contributed by atoms with Gasteiger partial charge in [-0.1, -0.05) is 41.5 Å². The molecule has 0 fully saturated rings. The predicted molar refractivity (Wildman–Crippen MR) is 181 cm³/mol. The zero-order valence-electron chi connectivity index (χ0n) is 29.5. The number of carbonyl (C=O) groups is 6. The first kappa shape index (κ1) is 40.4. The number of nitrogens with one attached hydrogen (secondary N) is 7. The van der Waals surface area contributed by atoms with E-state index in [1.165, 1.54) is 25.8 Å². The lowest BCUT2D eigenvalue weighted by Gasteiger charge is -2.28. The van der Waals surface area contributed by atoms with Crippen LogP contribution in [0.25, 0.3) is 0 Å². The second kappa shape index (κ2) is 19.9. The third-order valence-electron chi connectivity index (χ3n) is 7.56. The van der Waals surface area contributed by atoms with E-state index >= 15 is 0 Å². The molecule has 0 aromatic carbocycles. The molecule has 16 heteroatoms. The van der Waals surface area contributed by atoms with Crippen LogP contribution in [-0.4, -0.2) is 90.8 Å². The van der Waals surface area contributed by atoms with E-state index in [2.05, 4.69) is 46.5 Å². The van der Waals surface area contributed by atoms with Gasteiger partial charge in [0.15, 0.2) is 0 Å². The largest absolute Gasteiger partial charge is 0.480 e. The van der Waals surface area contributed by atoms with Crippen molar-refractivity contribution in [2.24, 2.45) is 17.8 Å². The number of carboxylic acids is 1. The lowest BCUT2D eigenvalue weighted by atomic mass is 9.98. The van der Waals surface area contributed by atoms with E-state index < -0.39 is 59.8 Å². The summed E-state index contributed by atoms with van der Waals surface area (Å²) in [6.07, 6.45) is 7.41. The van der Waals surface area contributed by atoms with Gasteiger partial charge >= 0.3 is 5.97 Å². The Hall–Kier alpha value is -4.76. The van der Waals surface area contributed by atoms with Crippen molar-refractivity contribution < 1.29 is 33.9 Å². The lowest BCUT2D eigenvalue weighted by Crippen LogP contribution is -2.59. The van der Waals surface area contributed by atoms with Crippen LogP contribution in [-0.2, 0) is 41.6 Å². The molecule has 16 nitrogen and oxygen atoms in total.